The van der Waals surface area contributed by atoms with Crippen LogP contribution in [0.2, 0.25) is 0 Å². The van der Waals surface area contributed by atoms with E-state index < -0.39 is 5.97 Å². The fourth-order valence-electron chi connectivity index (χ4n) is 1.16. The van der Waals surface area contributed by atoms with Gasteiger partial charge in [-0.25, -0.2) is 0 Å². The summed E-state index contributed by atoms with van der Waals surface area (Å²) >= 11 is 0. The summed E-state index contributed by atoms with van der Waals surface area (Å²) in [6.07, 6.45) is 0. The van der Waals surface area contributed by atoms with Crippen molar-refractivity contribution in [3.63, 3.8) is 0 Å². The molecule has 16 heavy (non-hydrogen) atoms. The number of para-hydroxylation sites is 1. The molecule has 1 aromatic carbocycles. The smallest absolute Gasteiger partial charge is 0.325 e. The second-order valence-corrected chi connectivity index (χ2v) is 3.07. The third-order valence-electron chi connectivity index (χ3n) is 1.90. The summed E-state index contributed by atoms with van der Waals surface area (Å²) in [6, 6.07) is 6.65. The van der Waals surface area contributed by atoms with Crippen LogP contribution in [0.25, 0.3) is 0 Å². The molecular formula is C11H14N2O3. The Bertz CT molecular complexity index is 391. The first-order valence-electron chi connectivity index (χ1n) is 4.93. The summed E-state index contributed by atoms with van der Waals surface area (Å²) in [4.78, 5) is 22.6. The van der Waals surface area contributed by atoms with Crippen LogP contribution in [0.5, 0.6) is 0 Å². The lowest BCUT2D eigenvalue weighted by Crippen LogP contribution is -2.31. The van der Waals surface area contributed by atoms with Crippen LogP contribution in [0.3, 0.4) is 0 Å². The molecule has 0 fully saturated rings. The molecule has 0 heterocycles. The Hall–Kier alpha value is -2.04. The van der Waals surface area contributed by atoms with Crippen LogP contribution in [0.1, 0.15) is 17.3 Å². The van der Waals surface area contributed by atoms with E-state index in [4.69, 9.17) is 5.73 Å². The van der Waals surface area contributed by atoms with E-state index in [9.17, 15) is 9.59 Å². The molecule has 0 spiro atoms. The number of benzene rings is 1. The largest absolute Gasteiger partial charge is 0.465 e. The summed E-state index contributed by atoms with van der Waals surface area (Å²) in [5.41, 5.74) is 6.34. The molecule has 0 bridgehead atoms. The minimum Gasteiger partial charge on any atom is -0.465 e. The first-order chi connectivity index (χ1) is 7.65. The lowest BCUT2D eigenvalue weighted by atomic mass is 10.2. The van der Waals surface area contributed by atoms with Gasteiger partial charge < -0.3 is 15.8 Å². The number of nitrogens with two attached hydrogens (primary N) is 1. The van der Waals surface area contributed by atoms with Crippen molar-refractivity contribution in [2.24, 2.45) is 0 Å². The fraction of sp³-hybridized carbons (Fsp3) is 0.273. The highest BCUT2D eigenvalue weighted by Crippen LogP contribution is 2.09. The van der Waals surface area contributed by atoms with Gasteiger partial charge in [0.2, 0.25) is 0 Å². The number of amides is 1. The van der Waals surface area contributed by atoms with Crippen molar-refractivity contribution >= 4 is 17.6 Å². The molecule has 1 rings (SSSR count). The van der Waals surface area contributed by atoms with Crippen molar-refractivity contribution in [1.29, 1.82) is 0 Å². The molecule has 0 saturated carbocycles. The van der Waals surface area contributed by atoms with Gasteiger partial charge in [-0.2, -0.15) is 0 Å². The van der Waals surface area contributed by atoms with Gasteiger partial charge in [0.05, 0.1) is 12.2 Å². The average molecular weight is 222 g/mol. The first kappa shape index (κ1) is 12.0. The lowest BCUT2D eigenvalue weighted by Gasteiger charge is -2.06. The molecule has 0 aliphatic rings. The summed E-state index contributed by atoms with van der Waals surface area (Å²) in [6.45, 7) is 1.85. The molecule has 86 valence electrons. The Morgan fingerprint density at radius 1 is 1.38 bits per heavy atom. The van der Waals surface area contributed by atoms with E-state index in [2.05, 4.69) is 10.1 Å². The zero-order valence-corrected chi connectivity index (χ0v) is 9.03. The number of hydrogen-bond donors (Lipinski definition) is 2. The maximum atomic E-state index is 11.6. The number of anilines is 1. The van der Waals surface area contributed by atoms with Crippen LogP contribution in [0.15, 0.2) is 24.3 Å². The molecule has 5 heteroatoms. The third kappa shape index (κ3) is 3.27. The molecule has 0 aromatic heterocycles. The Balaban J connectivity index is 2.54. The summed E-state index contributed by atoms with van der Waals surface area (Å²) < 4.78 is 4.67. The third-order valence-corrected chi connectivity index (χ3v) is 1.90. The van der Waals surface area contributed by atoms with Crippen molar-refractivity contribution in [3.8, 4) is 0 Å². The molecular weight excluding hydrogens is 208 g/mol. The highest BCUT2D eigenvalue weighted by atomic mass is 16.5. The van der Waals surface area contributed by atoms with Crippen molar-refractivity contribution in [2.45, 2.75) is 6.92 Å². The molecule has 0 aliphatic heterocycles. The van der Waals surface area contributed by atoms with Gasteiger partial charge in [0.15, 0.2) is 0 Å². The van der Waals surface area contributed by atoms with E-state index in [0.717, 1.165) is 0 Å². The van der Waals surface area contributed by atoms with Gasteiger partial charge in [0.25, 0.3) is 5.91 Å². The van der Waals surface area contributed by atoms with Crippen LogP contribution in [-0.2, 0) is 9.53 Å². The van der Waals surface area contributed by atoms with Crippen LogP contribution >= 0.6 is 0 Å². The minimum absolute atomic E-state index is 0.152. The van der Waals surface area contributed by atoms with Crippen LogP contribution in [-0.4, -0.2) is 25.0 Å². The molecule has 5 nitrogen and oxygen atoms in total. The predicted octanol–water partition coefficient (Wildman–Crippen LogP) is 0.562. The molecule has 0 aliphatic carbocycles. The highest BCUT2D eigenvalue weighted by Gasteiger charge is 2.10. The monoisotopic (exact) mass is 222 g/mol. The predicted molar refractivity (Wildman–Crippen MR) is 59.8 cm³/mol. The Morgan fingerprint density at radius 2 is 2.06 bits per heavy atom. The van der Waals surface area contributed by atoms with E-state index in [1.807, 2.05) is 0 Å². The fourth-order valence-corrected chi connectivity index (χ4v) is 1.16. The number of esters is 1. The van der Waals surface area contributed by atoms with Gasteiger partial charge in [-0.15, -0.1) is 0 Å². The van der Waals surface area contributed by atoms with Gasteiger partial charge in [-0.05, 0) is 19.1 Å². The molecule has 3 N–H and O–H groups in total. The van der Waals surface area contributed by atoms with E-state index in [1.165, 1.54) is 0 Å². The summed E-state index contributed by atoms with van der Waals surface area (Å²) in [7, 11) is 0. The number of carbonyl (C=O) groups is 2. The van der Waals surface area contributed by atoms with Crippen molar-refractivity contribution in [1.82, 2.24) is 5.32 Å². The van der Waals surface area contributed by atoms with E-state index >= 15 is 0 Å². The summed E-state index contributed by atoms with van der Waals surface area (Å²) in [5, 5.41) is 2.43. The SMILES string of the molecule is CCOC(=O)CNC(=O)c1ccccc1N. The van der Waals surface area contributed by atoms with Crippen molar-refractivity contribution in [3.05, 3.63) is 29.8 Å². The number of rotatable bonds is 4. The zero-order chi connectivity index (χ0) is 12.0. The Labute approximate surface area is 93.6 Å². The van der Waals surface area contributed by atoms with E-state index in [0.29, 0.717) is 17.9 Å². The maximum Gasteiger partial charge on any atom is 0.325 e. The van der Waals surface area contributed by atoms with Gasteiger partial charge in [0.1, 0.15) is 6.54 Å². The number of ether oxygens (including phenoxy) is 1. The van der Waals surface area contributed by atoms with Gasteiger partial charge in [-0.3, -0.25) is 9.59 Å². The molecule has 0 saturated heterocycles. The standard InChI is InChI=1S/C11H14N2O3/c1-2-16-10(14)7-13-11(15)8-5-3-4-6-9(8)12/h3-6H,2,7,12H2,1H3,(H,13,15). The van der Waals surface area contributed by atoms with Crippen molar-refractivity contribution < 1.29 is 14.3 Å². The van der Waals surface area contributed by atoms with Crippen LogP contribution < -0.4 is 11.1 Å². The molecule has 0 radical (unpaired) electrons. The van der Waals surface area contributed by atoms with Gasteiger partial charge in [0, 0.05) is 5.69 Å². The highest BCUT2D eigenvalue weighted by molar-refractivity contribution is 6.00. The summed E-state index contributed by atoms with van der Waals surface area (Å²) in [5.74, 6) is -0.850. The zero-order valence-electron chi connectivity index (χ0n) is 9.03. The molecule has 1 amide bonds. The Morgan fingerprint density at radius 3 is 2.69 bits per heavy atom. The first-order valence-corrected chi connectivity index (χ1v) is 4.93. The van der Waals surface area contributed by atoms with Crippen LogP contribution in [0, 0.1) is 0 Å². The average Bonchev–Trinajstić information content (AvgIpc) is 2.27. The number of nitrogens with one attached hydrogen (secondary N) is 1. The van der Waals surface area contributed by atoms with Gasteiger partial charge in [-0.1, -0.05) is 12.1 Å². The number of nitrogen functional groups attached to an aromatic ring is 1. The van der Waals surface area contributed by atoms with Gasteiger partial charge >= 0.3 is 5.97 Å². The van der Waals surface area contributed by atoms with E-state index in [-0.39, 0.29) is 12.5 Å². The quantitative estimate of drug-likeness (QED) is 0.576. The molecule has 1 aromatic rings. The molecule has 0 unspecified atom stereocenters. The van der Waals surface area contributed by atoms with E-state index in [1.54, 1.807) is 31.2 Å². The number of hydrogen-bond acceptors (Lipinski definition) is 4. The minimum atomic E-state index is -0.467. The lowest BCUT2D eigenvalue weighted by molar-refractivity contribution is -0.141. The number of carbonyl (C=O) groups excluding carboxylic acids is 2. The Kier molecular flexibility index (Phi) is 4.32. The van der Waals surface area contributed by atoms with Crippen molar-refractivity contribution in [2.75, 3.05) is 18.9 Å². The second kappa shape index (κ2) is 5.75. The van der Waals surface area contributed by atoms with Crippen LogP contribution in [0.4, 0.5) is 5.69 Å². The topological polar surface area (TPSA) is 81.4 Å². The maximum absolute atomic E-state index is 11.6. The molecule has 0 atom stereocenters. The second-order valence-electron chi connectivity index (χ2n) is 3.07. The normalized spacial score (nSPS) is 9.56.